The van der Waals surface area contributed by atoms with Gasteiger partial charge in [0.1, 0.15) is 18.7 Å². The summed E-state index contributed by atoms with van der Waals surface area (Å²) in [4.78, 5) is 51.6. The number of anilines is 1. The SMILES string of the molecule is C#C[C@@]1(COP(=O)(O)OC[C@H]2CC[C@@H](n3ccc(N)nc3=O)O2)C=C[C@H](n2cc(C)c(=O)[nH]c2=O)O1. The number of hydrogen-bond donors (Lipinski definition) is 3. The van der Waals surface area contributed by atoms with Gasteiger partial charge in [-0.15, -0.1) is 6.42 Å². The summed E-state index contributed by atoms with van der Waals surface area (Å²) < 4.78 is 36.4. The lowest BCUT2D eigenvalue weighted by Crippen LogP contribution is -2.37. The van der Waals surface area contributed by atoms with Gasteiger partial charge in [0.25, 0.3) is 5.56 Å². The molecule has 2 aliphatic heterocycles. The number of phosphoric acid groups is 1. The standard InChI is InChI=1S/C21H24N5O9P/c1-3-21(8-6-17(35-21)26-10-13(2)18(27)24-20(26)29)12-33-36(30,31)32-11-14-4-5-16(34-14)25-9-7-15(22)23-19(25)28/h1,6-10,14,16-17H,4-5,11-12H2,2H3,(H,30,31)(H2,22,23,28)(H,24,27,29)/t14-,16+,17-,21+/m1/s1. The number of nitrogen functional groups attached to an aromatic ring is 1. The normalized spacial score (nSPS) is 27.1. The molecule has 0 aromatic carbocycles. The molecule has 1 saturated heterocycles. The number of hydrogen-bond acceptors (Lipinski definition) is 10. The third-order valence-electron chi connectivity index (χ3n) is 5.64. The van der Waals surface area contributed by atoms with Crippen LogP contribution in [0.1, 0.15) is 30.9 Å². The number of ether oxygens (including phenoxy) is 2. The van der Waals surface area contributed by atoms with Crippen molar-refractivity contribution in [1.29, 1.82) is 0 Å². The first kappa shape index (κ1) is 25.8. The number of aryl methyl sites for hydroxylation is 1. The Bertz CT molecular complexity index is 1440. The molecular weight excluding hydrogens is 497 g/mol. The summed E-state index contributed by atoms with van der Waals surface area (Å²) in [5, 5.41) is 0. The van der Waals surface area contributed by atoms with E-state index in [9.17, 15) is 23.8 Å². The molecule has 4 heterocycles. The summed E-state index contributed by atoms with van der Waals surface area (Å²) in [6, 6.07) is 1.46. The average Bonchev–Trinajstić information content (AvgIpc) is 3.47. The molecule has 15 heteroatoms. The maximum atomic E-state index is 12.4. The Kier molecular flexibility index (Phi) is 7.14. The maximum Gasteiger partial charge on any atom is 0.472 e. The van der Waals surface area contributed by atoms with Crippen molar-refractivity contribution in [2.75, 3.05) is 18.9 Å². The molecule has 4 rings (SSSR count). The van der Waals surface area contributed by atoms with E-state index in [0.717, 1.165) is 4.57 Å². The lowest BCUT2D eigenvalue weighted by atomic mass is 10.1. The molecule has 2 aliphatic rings. The minimum absolute atomic E-state index is 0.0884. The number of rotatable bonds is 8. The van der Waals surface area contributed by atoms with Crippen LogP contribution in [0.5, 0.6) is 0 Å². The zero-order valence-corrected chi connectivity index (χ0v) is 20.0. The highest BCUT2D eigenvalue weighted by atomic mass is 31.2. The molecule has 0 bridgehead atoms. The second kappa shape index (κ2) is 9.98. The van der Waals surface area contributed by atoms with Crippen molar-refractivity contribution >= 4 is 13.6 Å². The van der Waals surface area contributed by atoms with Crippen molar-refractivity contribution in [3.63, 3.8) is 0 Å². The first-order valence-corrected chi connectivity index (χ1v) is 12.3. The molecule has 14 nitrogen and oxygen atoms in total. The van der Waals surface area contributed by atoms with Gasteiger partial charge in [-0.1, -0.05) is 5.92 Å². The van der Waals surface area contributed by atoms with Crippen LogP contribution in [0, 0.1) is 19.3 Å². The predicted octanol–water partition coefficient (Wildman–Crippen LogP) is -0.0477. The average molecular weight is 521 g/mol. The molecule has 0 radical (unpaired) electrons. The molecule has 4 N–H and O–H groups in total. The lowest BCUT2D eigenvalue weighted by molar-refractivity contribution is -0.0551. The molecule has 192 valence electrons. The number of aromatic nitrogens is 4. The topological polar surface area (TPSA) is 190 Å². The van der Waals surface area contributed by atoms with Gasteiger partial charge >= 0.3 is 19.2 Å². The van der Waals surface area contributed by atoms with Crippen molar-refractivity contribution < 1.29 is 28.0 Å². The van der Waals surface area contributed by atoms with Crippen molar-refractivity contribution in [1.82, 2.24) is 19.1 Å². The minimum Gasteiger partial charge on any atom is -0.383 e. The molecular formula is C21H24N5O9P. The molecule has 1 unspecified atom stereocenters. The van der Waals surface area contributed by atoms with Gasteiger partial charge in [0.2, 0.25) is 0 Å². The largest absolute Gasteiger partial charge is 0.472 e. The predicted molar refractivity (Wildman–Crippen MR) is 125 cm³/mol. The van der Waals surface area contributed by atoms with Crippen molar-refractivity contribution in [3.05, 3.63) is 67.5 Å². The molecule has 0 spiro atoms. The van der Waals surface area contributed by atoms with Crippen LogP contribution in [-0.4, -0.2) is 48.9 Å². The van der Waals surface area contributed by atoms with Gasteiger partial charge in [0, 0.05) is 18.0 Å². The van der Waals surface area contributed by atoms with Crippen LogP contribution >= 0.6 is 7.82 Å². The third-order valence-corrected chi connectivity index (χ3v) is 6.57. The summed E-state index contributed by atoms with van der Waals surface area (Å²) in [6.45, 7) is 0.684. The van der Waals surface area contributed by atoms with Crippen LogP contribution in [0.4, 0.5) is 5.82 Å². The third kappa shape index (κ3) is 5.57. The fraction of sp³-hybridized carbons (Fsp3) is 0.429. The van der Waals surface area contributed by atoms with Crippen LogP contribution < -0.4 is 22.7 Å². The molecule has 0 saturated carbocycles. The van der Waals surface area contributed by atoms with Crippen molar-refractivity contribution in [3.8, 4) is 12.3 Å². The highest BCUT2D eigenvalue weighted by Gasteiger charge is 2.39. The Hall–Kier alpha value is -3.31. The van der Waals surface area contributed by atoms with Crippen LogP contribution in [0.25, 0.3) is 0 Å². The Balaban J connectivity index is 1.32. The van der Waals surface area contributed by atoms with E-state index in [1.165, 1.54) is 42.1 Å². The van der Waals surface area contributed by atoms with Gasteiger partial charge in [-0.05, 0) is 38.0 Å². The maximum absolute atomic E-state index is 12.4. The number of aromatic amines is 1. The number of H-pyrrole nitrogens is 1. The summed E-state index contributed by atoms with van der Waals surface area (Å²) in [7, 11) is -4.58. The molecule has 0 aliphatic carbocycles. The van der Waals surface area contributed by atoms with E-state index in [1.54, 1.807) is 0 Å². The Labute approximate surface area is 203 Å². The number of nitrogens with zero attached hydrogens (tertiary/aromatic N) is 3. The first-order valence-electron chi connectivity index (χ1n) is 10.8. The minimum atomic E-state index is -4.58. The molecule has 1 fully saturated rings. The van der Waals surface area contributed by atoms with E-state index in [4.69, 9.17) is 30.7 Å². The second-order valence-electron chi connectivity index (χ2n) is 8.25. The highest BCUT2D eigenvalue weighted by Crippen LogP contribution is 2.46. The van der Waals surface area contributed by atoms with Crippen LogP contribution in [0.2, 0.25) is 0 Å². The van der Waals surface area contributed by atoms with Crippen molar-refractivity contribution in [2.24, 2.45) is 0 Å². The zero-order chi connectivity index (χ0) is 26.1. The summed E-state index contributed by atoms with van der Waals surface area (Å²) in [5.41, 5.74) is 2.39. The van der Waals surface area contributed by atoms with Gasteiger partial charge in [0.15, 0.2) is 11.8 Å². The quantitative estimate of drug-likeness (QED) is 0.240. The van der Waals surface area contributed by atoms with Gasteiger partial charge in [-0.2, -0.15) is 4.98 Å². The van der Waals surface area contributed by atoms with Crippen LogP contribution in [0.15, 0.2) is 45.0 Å². The molecule has 2 aromatic heterocycles. The van der Waals surface area contributed by atoms with E-state index in [2.05, 4.69) is 15.9 Å². The monoisotopic (exact) mass is 521 g/mol. The van der Waals surface area contributed by atoms with E-state index < -0.39 is 55.5 Å². The Morgan fingerprint density at radius 2 is 2.14 bits per heavy atom. The number of phosphoric ester groups is 1. The fourth-order valence-electron chi connectivity index (χ4n) is 3.71. The van der Waals surface area contributed by atoms with E-state index in [1.807, 2.05) is 0 Å². The first-order chi connectivity index (χ1) is 17.0. The zero-order valence-electron chi connectivity index (χ0n) is 19.1. The molecule has 2 aromatic rings. The van der Waals surface area contributed by atoms with E-state index in [0.29, 0.717) is 12.8 Å². The van der Waals surface area contributed by atoms with Crippen LogP contribution in [0.3, 0.4) is 0 Å². The van der Waals surface area contributed by atoms with Gasteiger partial charge in [0.05, 0.1) is 12.7 Å². The molecule has 0 amide bonds. The Morgan fingerprint density at radius 3 is 2.86 bits per heavy atom. The van der Waals surface area contributed by atoms with E-state index >= 15 is 0 Å². The Morgan fingerprint density at radius 1 is 1.36 bits per heavy atom. The lowest BCUT2D eigenvalue weighted by Gasteiger charge is -2.25. The summed E-state index contributed by atoms with van der Waals surface area (Å²) in [6.07, 6.45) is 9.97. The number of nitrogens with one attached hydrogen (secondary N) is 1. The van der Waals surface area contributed by atoms with E-state index in [-0.39, 0.29) is 18.0 Å². The smallest absolute Gasteiger partial charge is 0.383 e. The van der Waals surface area contributed by atoms with Gasteiger partial charge in [-0.3, -0.25) is 28.0 Å². The highest BCUT2D eigenvalue weighted by molar-refractivity contribution is 7.47. The molecule has 5 atom stereocenters. The number of nitrogens with two attached hydrogens (primary N) is 1. The second-order valence-corrected chi connectivity index (χ2v) is 9.70. The fourth-order valence-corrected chi connectivity index (χ4v) is 4.50. The summed E-state index contributed by atoms with van der Waals surface area (Å²) >= 11 is 0. The summed E-state index contributed by atoms with van der Waals surface area (Å²) in [5.74, 6) is 2.43. The number of terminal acetylenes is 1. The molecule has 36 heavy (non-hydrogen) atoms. The van der Waals surface area contributed by atoms with Gasteiger partial charge < -0.3 is 20.1 Å². The van der Waals surface area contributed by atoms with Gasteiger partial charge in [-0.25, -0.2) is 14.2 Å². The van der Waals surface area contributed by atoms with Crippen molar-refractivity contribution in [2.45, 2.75) is 43.9 Å². The van der Waals surface area contributed by atoms with Crippen LogP contribution in [-0.2, 0) is 23.1 Å².